The zero-order chi connectivity index (χ0) is 28.8. The summed E-state index contributed by atoms with van der Waals surface area (Å²) in [6.45, 7) is 1.87. The van der Waals surface area contributed by atoms with E-state index in [4.69, 9.17) is 16.3 Å². The number of fused-ring (bicyclic) bond motifs is 1. The number of benzene rings is 4. The lowest BCUT2D eigenvalue weighted by Gasteiger charge is -2.29. The Bertz CT molecular complexity index is 1710. The van der Waals surface area contributed by atoms with Gasteiger partial charge in [-0.1, -0.05) is 96.2 Å². The van der Waals surface area contributed by atoms with Crippen LogP contribution in [0, 0.1) is 11.3 Å². The highest BCUT2D eigenvalue weighted by atomic mass is 35.5. The van der Waals surface area contributed by atoms with E-state index in [0.717, 1.165) is 21.9 Å². The second-order valence-corrected chi connectivity index (χ2v) is 10.9. The molecule has 1 heterocycles. The maximum absolute atomic E-state index is 13.4. The smallest absolute Gasteiger partial charge is 0.337 e. The molecule has 0 unspecified atom stereocenters. The zero-order valence-corrected chi connectivity index (χ0v) is 23.8. The predicted molar refractivity (Wildman–Crippen MR) is 164 cm³/mol. The second-order valence-electron chi connectivity index (χ2n) is 9.46. The van der Waals surface area contributed by atoms with Gasteiger partial charge in [0.15, 0.2) is 0 Å². The maximum atomic E-state index is 13.4. The molecule has 6 nitrogen and oxygen atoms in total. The highest BCUT2D eigenvalue weighted by Gasteiger charge is 2.35. The first-order valence-corrected chi connectivity index (χ1v) is 14.3. The molecule has 5 rings (SSSR count). The fourth-order valence-electron chi connectivity index (χ4n) is 4.69. The van der Waals surface area contributed by atoms with Crippen LogP contribution in [0.4, 0.5) is 5.69 Å². The molecule has 0 radical (unpaired) electrons. The van der Waals surface area contributed by atoms with Crippen molar-refractivity contribution in [2.45, 2.75) is 19.4 Å². The summed E-state index contributed by atoms with van der Waals surface area (Å²) in [7, 11) is 0. The van der Waals surface area contributed by atoms with E-state index < -0.39 is 11.9 Å². The minimum Gasteiger partial charge on any atom is -0.457 e. The standard InChI is InChI=1S/C33H26ClN3O3S/c1-21-30(33(39)40-19-22-7-3-2-4-8-22)31(24-11-14-26(34)15-12-24)28(18-35)32(36-21)41-20-29(38)37-27-16-13-23-9-5-6-10-25(23)17-27/h2-17,31,36H,19-20H2,1H3,(H,37,38)/t31-/m0/s1. The Labute approximate surface area is 247 Å². The van der Waals surface area contributed by atoms with E-state index in [2.05, 4.69) is 16.7 Å². The summed E-state index contributed by atoms with van der Waals surface area (Å²) in [6, 6.07) is 32.4. The summed E-state index contributed by atoms with van der Waals surface area (Å²) in [6.07, 6.45) is 0. The summed E-state index contributed by atoms with van der Waals surface area (Å²) in [4.78, 5) is 26.3. The van der Waals surface area contributed by atoms with Crippen LogP contribution in [0.15, 0.2) is 119 Å². The van der Waals surface area contributed by atoms with Crippen molar-refractivity contribution in [1.82, 2.24) is 5.32 Å². The molecular weight excluding hydrogens is 554 g/mol. The molecule has 0 fully saturated rings. The number of hydrogen-bond acceptors (Lipinski definition) is 6. The Kier molecular flexibility index (Phi) is 8.73. The second kappa shape index (κ2) is 12.8. The predicted octanol–water partition coefficient (Wildman–Crippen LogP) is 7.30. The van der Waals surface area contributed by atoms with Crippen LogP contribution in [0.3, 0.4) is 0 Å². The molecule has 1 amide bonds. The van der Waals surface area contributed by atoms with Gasteiger partial charge in [-0.05, 0) is 53.1 Å². The van der Waals surface area contributed by atoms with Crippen LogP contribution in [0.5, 0.6) is 0 Å². The zero-order valence-electron chi connectivity index (χ0n) is 22.2. The van der Waals surface area contributed by atoms with Gasteiger partial charge in [0.05, 0.1) is 33.9 Å². The van der Waals surface area contributed by atoms with Crippen molar-refractivity contribution in [1.29, 1.82) is 5.26 Å². The quantitative estimate of drug-likeness (QED) is 0.213. The third-order valence-electron chi connectivity index (χ3n) is 6.66. The van der Waals surface area contributed by atoms with E-state index in [0.29, 0.717) is 32.6 Å². The molecule has 0 saturated heterocycles. The van der Waals surface area contributed by atoms with Crippen LogP contribution in [-0.2, 0) is 20.9 Å². The van der Waals surface area contributed by atoms with Crippen LogP contribution in [-0.4, -0.2) is 17.6 Å². The van der Waals surface area contributed by atoms with Gasteiger partial charge >= 0.3 is 5.97 Å². The molecule has 0 aliphatic carbocycles. The average Bonchev–Trinajstić information content (AvgIpc) is 2.99. The van der Waals surface area contributed by atoms with Gasteiger partial charge in [-0.2, -0.15) is 5.26 Å². The Balaban J connectivity index is 1.37. The average molecular weight is 580 g/mol. The number of carbonyl (C=O) groups is 2. The molecule has 0 aromatic heterocycles. The third kappa shape index (κ3) is 6.63. The van der Waals surface area contributed by atoms with E-state index in [9.17, 15) is 14.9 Å². The van der Waals surface area contributed by atoms with Crippen molar-refractivity contribution >= 4 is 51.7 Å². The molecule has 4 aromatic carbocycles. The van der Waals surface area contributed by atoms with Crippen molar-refractivity contribution in [3.8, 4) is 6.07 Å². The first-order chi connectivity index (χ1) is 19.9. The van der Waals surface area contributed by atoms with Crippen molar-refractivity contribution in [3.05, 3.63) is 135 Å². The lowest BCUT2D eigenvalue weighted by molar-refractivity contribution is -0.140. The summed E-state index contributed by atoms with van der Waals surface area (Å²) >= 11 is 7.35. The normalized spacial score (nSPS) is 14.8. The van der Waals surface area contributed by atoms with Gasteiger partial charge in [-0.3, -0.25) is 4.79 Å². The maximum Gasteiger partial charge on any atom is 0.337 e. The number of anilines is 1. The number of allylic oxidation sites excluding steroid dienone is 2. The summed E-state index contributed by atoms with van der Waals surface area (Å²) < 4.78 is 5.67. The molecule has 1 aliphatic heterocycles. The monoisotopic (exact) mass is 579 g/mol. The summed E-state index contributed by atoms with van der Waals surface area (Å²) in [5, 5.41) is 19.6. The van der Waals surface area contributed by atoms with Gasteiger partial charge in [0.25, 0.3) is 0 Å². The third-order valence-corrected chi connectivity index (χ3v) is 7.93. The Hall–Kier alpha value is -4.51. The van der Waals surface area contributed by atoms with Crippen LogP contribution in [0.25, 0.3) is 10.8 Å². The fraction of sp³-hybridized carbons (Fsp3) is 0.121. The summed E-state index contributed by atoms with van der Waals surface area (Å²) in [5.74, 6) is -1.36. The molecule has 204 valence electrons. The minimum absolute atomic E-state index is 0.0642. The van der Waals surface area contributed by atoms with E-state index >= 15 is 0 Å². The Morgan fingerprint density at radius 2 is 1.68 bits per heavy atom. The summed E-state index contributed by atoms with van der Waals surface area (Å²) in [5.41, 5.74) is 3.49. The van der Waals surface area contributed by atoms with Crippen LogP contribution < -0.4 is 10.6 Å². The lowest BCUT2D eigenvalue weighted by Crippen LogP contribution is -2.29. The number of nitrogens with zero attached hydrogens (tertiary/aromatic N) is 1. The largest absolute Gasteiger partial charge is 0.457 e. The van der Waals surface area contributed by atoms with Crippen LogP contribution in [0.2, 0.25) is 5.02 Å². The topological polar surface area (TPSA) is 91.2 Å². The lowest BCUT2D eigenvalue weighted by atomic mass is 9.82. The molecule has 0 bridgehead atoms. The first kappa shape index (κ1) is 28.0. The first-order valence-electron chi connectivity index (χ1n) is 12.9. The van der Waals surface area contributed by atoms with Crippen molar-refractivity contribution < 1.29 is 14.3 Å². The Morgan fingerprint density at radius 1 is 0.976 bits per heavy atom. The molecule has 8 heteroatoms. The molecule has 2 N–H and O–H groups in total. The fourth-order valence-corrected chi connectivity index (χ4v) is 5.71. The van der Waals surface area contributed by atoms with E-state index in [1.54, 1.807) is 31.2 Å². The van der Waals surface area contributed by atoms with E-state index in [-0.39, 0.29) is 18.3 Å². The van der Waals surface area contributed by atoms with Gasteiger partial charge < -0.3 is 15.4 Å². The van der Waals surface area contributed by atoms with Gasteiger partial charge in [0.1, 0.15) is 6.61 Å². The number of hydrogen-bond donors (Lipinski definition) is 2. The number of rotatable bonds is 8. The SMILES string of the molecule is CC1=C(C(=O)OCc2ccccc2)[C@@H](c2ccc(Cl)cc2)C(C#N)=C(SCC(=O)Nc2ccc3ccccc3c2)N1. The molecule has 41 heavy (non-hydrogen) atoms. The van der Waals surface area contributed by atoms with Crippen LogP contribution in [0.1, 0.15) is 24.0 Å². The minimum atomic E-state index is -0.687. The van der Waals surface area contributed by atoms with E-state index in [1.807, 2.05) is 72.8 Å². The van der Waals surface area contributed by atoms with Gasteiger partial charge in [0, 0.05) is 16.4 Å². The molecular formula is C33H26ClN3O3S. The van der Waals surface area contributed by atoms with E-state index in [1.165, 1.54) is 11.8 Å². The molecule has 1 aliphatic rings. The number of dihydropyridines is 1. The van der Waals surface area contributed by atoms with Crippen molar-refractivity contribution in [2.75, 3.05) is 11.1 Å². The van der Waals surface area contributed by atoms with Gasteiger partial charge in [-0.15, -0.1) is 0 Å². The van der Waals surface area contributed by atoms with Crippen LogP contribution >= 0.6 is 23.4 Å². The van der Waals surface area contributed by atoms with Crippen molar-refractivity contribution in [3.63, 3.8) is 0 Å². The van der Waals surface area contributed by atoms with Gasteiger partial charge in [0.2, 0.25) is 5.91 Å². The number of carbonyl (C=O) groups excluding carboxylic acids is 2. The number of halogens is 1. The number of ether oxygens (including phenoxy) is 1. The number of thioether (sulfide) groups is 1. The highest BCUT2D eigenvalue weighted by molar-refractivity contribution is 8.03. The Morgan fingerprint density at radius 3 is 2.41 bits per heavy atom. The molecule has 0 spiro atoms. The van der Waals surface area contributed by atoms with Crippen molar-refractivity contribution in [2.24, 2.45) is 0 Å². The number of nitriles is 1. The highest BCUT2D eigenvalue weighted by Crippen LogP contribution is 2.41. The molecule has 0 saturated carbocycles. The number of amides is 1. The molecule has 4 aromatic rings. The van der Waals surface area contributed by atoms with Gasteiger partial charge in [-0.25, -0.2) is 4.79 Å². The number of esters is 1. The number of nitrogens with one attached hydrogen (secondary N) is 2. The molecule has 1 atom stereocenters.